The Kier molecular flexibility index (Phi) is 6.58. The molecule has 0 unspecified atom stereocenters. The van der Waals surface area contributed by atoms with E-state index >= 15 is 0 Å². The summed E-state index contributed by atoms with van der Waals surface area (Å²) in [6.45, 7) is 1.21. The molecule has 0 atom stereocenters. The Balaban J connectivity index is 2.54. The summed E-state index contributed by atoms with van der Waals surface area (Å²) in [5, 5.41) is 3.66. The van der Waals surface area contributed by atoms with E-state index in [1.807, 2.05) is 6.07 Å². The average molecular weight is 322 g/mol. The zero-order chi connectivity index (χ0) is 15.2. The number of hydrogen-bond donors (Lipinski definition) is 1. The van der Waals surface area contributed by atoms with Gasteiger partial charge in [0.15, 0.2) is 11.5 Å². The molecule has 0 radical (unpaired) electrons. The van der Waals surface area contributed by atoms with Gasteiger partial charge in [0.05, 0.1) is 25.0 Å². The van der Waals surface area contributed by atoms with Gasteiger partial charge in [0.1, 0.15) is 9.84 Å². The van der Waals surface area contributed by atoms with Gasteiger partial charge in [-0.05, 0) is 30.7 Å². The van der Waals surface area contributed by atoms with Gasteiger partial charge in [-0.3, -0.25) is 0 Å². The molecule has 0 bridgehead atoms. The summed E-state index contributed by atoms with van der Waals surface area (Å²) in [5.41, 5.74) is 0.951. The van der Waals surface area contributed by atoms with Crippen LogP contribution < -0.4 is 14.8 Å². The van der Waals surface area contributed by atoms with Gasteiger partial charge < -0.3 is 14.8 Å². The van der Waals surface area contributed by atoms with Gasteiger partial charge in [0.2, 0.25) is 0 Å². The maximum absolute atomic E-state index is 11.0. The minimum atomic E-state index is -2.89. The number of ether oxygens (including phenoxy) is 2. The third-order valence-corrected chi connectivity index (χ3v) is 4.00. The number of benzene rings is 1. The van der Waals surface area contributed by atoms with Crippen LogP contribution in [0, 0.1) is 0 Å². The third kappa shape index (κ3) is 5.56. The van der Waals surface area contributed by atoms with Crippen LogP contribution in [0.25, 0.3) is 0 Å². The molecule has 1 N–H and O–H groups in total. The molecule has 5 nitrogen and oxygen atoms in total. The molecule has 0 aliphatic rings. The highest BCUT2D eigenvalue weighted by Gasteiger charge is 2.10. The predicted molar refractivity (Wildman–Crippen MR) is 80.6 cm³/mol. The Morgan fingerprint density at radius 2 is 1.95 bits per heavy atom. The molecule has 0 aromatic heterocycles. The molecule has 0 saturated heterocycles. The van der Waals surface area contributed by atoms with E-state index in [0.717, 1.165) is 5.56 Å². The van der Waals surface area contributed by atoms with Crippen molar-refractivity contribution in [2.75, 3.05) is 32.8 Å². The van der Waals surface area contributed by atoms with E-state index in [1.165, 1.54) is 13.4 Å². The van der Waals surface area contributed by atoms with E-state index in [-0.39, 0.29) is 5.75 Å². The van der Waals surface area contributed by atoms with Gasteiger partial charge >= 0.3 is 0 Å². The molecule has 0 amide bonds. The monoisotopic (exact) mass is 321 g/mol. The second-order valence-electron chi connectivity index (χ2n) is 4.47. The molecule has 0 fully saturated rings. The fraction of sp³-hybridized carbons (Fsp3) is 0.538. The van der Waals surface area contributed by atoms with Gasteiger partial charge in [0, 0.05) is 12.8 Å². The molecule has 0 aliphatic carbocycles. The van der Waals surface area contributed by atoms with E-state index < -0.39 is 9.84 Å². The number of methoxy groups -OCH3 is 2. The summed E-state index contributed by atoms with van der Waals surface area (Å²) in [7, 11) is 0.194. The van der Waals surface area contributed by atoms with Crippen LogP contribution in [0.2, 0.25) is 5.02 Å². The van der Waals surface area contributed by atoms with Gasteiger partial charge in [0.25, 0.3) is 0 Å². The summed E-state index contributed by atoms with van der Waals surface area (Å²) in [4.78, 5) is 0. The largest absolute Gasteiger partial charge is 0.493 e. The molecule has 114 valence electrons. The zero-order valence-electron chi connectivity index (χ0n) is 11.9. The summed E-state index contributed by atoms with van der Waals surface area (Å²) in [6, 6.07) is 3.64. The first-order valence-corrected chi connectivity index (χ1v) is 8.60. The van der Waals surface area contributed by atoms with Crippen LogP contribution in [0.1, 0.15) is 12.0 Å². The standard InChI is InChI=1S/C13H20ClNO4S/c1-18-12-8-10(7-11(14)13(12)19-2)9-15-5-4-6-20(3,16)17/h7-8,15H,4-6,9H2,1-3H3. The molecule has 0 heterocycles. The van der Waals surface area contributed by atoms with Crippen molar-refractivity contribution < 1.29 is 17.9 Å². The maximum Gasteiger partial charge on any atom is 0.179 e. The second-order valence-corrected chi connectivity index (χ2v) is 7.14. The SMILES string of the molecule is COc1cc(CNCCCS(C)(=O)=O)cc(Cl)c1OC. The van der Waals surface area contributed by atoms with Gasteiger partial charge in [-0.25, -0.2) is 8.42 Å². The normalized spacial score (nSPS) is 11.4. The lowest BCUT2D eigenvalue weighted by Crippen LogP contribution is -2.17. The Morgan fingerprint density at radius 3 is 2.50 bits per heavy atom. The topological polar surface area (TPSA) is 64.6 Å². The Bertz CT molecular complexity index is 546. The van der Waals surface area contributed by atoms with Crippen LogP contribution in [-0.2, 0) is 16.4 Å². The van der Waals surface area contributed by atoms with Gasteiger partial charge in [-0.1, -0.05) is 11.6 Å². The number of nitrogens with one attached hydrogen (secondary N) is 1. The molecule has 20 heavy (non-hydrogen) atoms. The molecule has 0 aliphatic heterocycles. The van der Waals surface area contributed by atoms with Crippen molar-refractivity contribution in [1.82, 2.24) is 5.32 Å². The molecular formula is C13H20ClNO4S. The lowest BCUT2D eigenvalue weighted by Gasteiger charge is -2.12. The Hall–Kier alpha value is -0.980. The first-order chi connectivity index (χ1) is 9.37. The van der Waals surface area contributed by atoms with Crippen molar-refractivity contribution >= 4 is 21.4 Å². The minimum absolute atomic E-state index is 0.187. The third-order valence-electron chi connectivity index (χ3n) is 2.69. The summed E-state index contributed by atoms with van der Waals surface area (Å²) in [6.07, 6.45) is 1.82. The molecule has 1 aromatic rings. The van der Waals surface area contributed by atoms with Crippen LogP contribution in [0.15, 0.2) is 12.1 Å². The van der Waals surface area contributed by atoms with Gasteiger partial charge in [-0.2, -0.15) is 0 Å². The van der Waals surface area contributed by atoms with Crippen molar-refractivity contribution in [3.8, 4) is 11.5 Å². The Labute approximate surface area is 125 Å². The predicted octanol–water partition coefficient (Wildman–Crippen LogP) is 1.88. The van der Waals surface area contributed by atoms with Crippen molar-refractivity contribution in [2.45, 2.75) is 13.0 Å². The molecule has 0 saturated carbocycles. The van der Waals surface area contributed by atoms with E-state index in [9.17, 15) is 8.42 Å². The van der Waals surface area contributed by atoms with Crippen molar-refractivity contribution in [3.05, 3.63) is 22.7 Å². The zero-order valence-corrected chi connectivity index (χ0v) is 13.5. The first-order valence-electron chi connectivity index (χ1n) is 6.16. The number of hydrogen-bond acceptors (Lipinski definition) is 5. The highest BCUT2D eigenvalue weighted by molar-refractivity contribution is 7.90. The first kappa shape index (κ1) is 17.1. The van der Waals surface area contributed by atoms with E-state index in [2.05, 4.69) is 5.32 Å². The van der Waals surface area contributed by atoms with Crippen LogP contribution >= 0.6 is 11.6 Å². The molecule has 1 aromatic carbocycles. The lowest BCUT2D eigenvalue weighted by atomic mass is 10.2. The Morgan fingerprint density at radius 1 is 1.25 bits per heavy atom. The van der Waals surface area contributed by atoms with Crippen molar-refractivity contribution in [2.24, 2.45) is 0 Å². The molecule has 7 heteroatoms. The van der Waals surface area contributed by atoms with E-state index in [0.29, 0.717) is 36.0 Å². The second kappa shape index (κ2) is 7.71. The average Bonchev–Trinajstić information content (AvgIpc) is 2.36. The molecule has 0 spiro atoms. The van der Waals surface area contributed by atoms with Crippen LogP contribution in [0.5, 0.6) is 11.5 Å². The summed E-state index contributed by atoms with van der Waals surface area (Å²) in [5.74, 6) is 1.27. The fourth-order valence-electron chi connectivity index (χ4n) is 1.77. The minimum Gasteiger partial charge on any atom is -0.493 e. The number of halogens is 1. The van der Waals surface area contributed by atoms with Crippen LogP contribution in [0.3, 0.4) is 0 Å². The number of rotatable bonds is 8. The number of sulfone groups is 1. The van der Waals surface area contributed by atoms with E-state index in [4.69, 9.17) is 21.1 Å². The van der Waals surface area contributed by atoms with E-state index in [1.54, 1.807) is 13.2 Å². The summed E-state index contributed by atoms with van der Waals surface area (Å²) >= 11 is 6.10. The van der Waals surface area contributed by atoms with Crippen LogP contribution in [-0.4, -0.2) is 41.2 Å². The highest BCUT2D eigenvalue weighted by atomic mass is 35.5. The van der Waals surface area contributed by atoms with Gasteiger partial charge in [-0.15, -0.1) is 0 Å². The molecule has 1 rings (SSSR count). The summed E-state index contributed by atoms with van der Waals surface area (Å²) < 4.78 is 32.3. The van der Waals surface area contributed by atoms with Crippen molar-refractivity contribution in [1.29, 1.82) is 0 Å². The molecular weight excluding hydrogens is 302 g/mol. The quantitative estimate of drug-likeness (QED) is 0.741. The van der Waals surface area contributed by atoms with Crippen molar-refractivity contribution in [3.63, 3.8) is 0 Å². The maximum atomic E-state index is 11.0. The van der Waals surface area contributed by atoms with Crippen LogP contribution in [0.4, 0.5) is 0 Å². The smallest absolute Gasteiger partial charge is 0.179 e. The highest BCUT2D eigenvalue weighted by Crippen LogP contribution is 2.35. The fourth-order valence-corrected chi connectivity index (χ4v) is 2.74. The lowest BCUT2D eigenvalue weighted by molar-refractivity contribution is 0.354.